The van der Waals surface area contributed by atoms with Crippen LogP contribution in [0.25, 0.3) is 22.2 Å². The molecule has 4 rings (SSSR count). The SMILES string of the molecule is NC(=O)c1cn(C(=O)c2ccc(-c3ccc(Br)cc3F)o2)c2ccccc12. The lowest BCUT2D eigenvalue weighted by molar-refractivity contribution is 0.0938. The number of carbonyl (C=O) groups is 2. The maximum atomic E-state index is 14.1. The number of primary amides is 1. The third-order valence-electron chi connectivity index (χ3n) is 4.21. The number of carbonyl (C=O) groups excluding carboxylic acids is 2. The molecular formula is C20H12BrFN2O3. The summed E-state index contributed by atoms with van der Waals surface area (Å²) in [7, 11) is 0. The minimum atomic E-state index is -0.630. The van der Waals surface area contributed by atoms with Gasteiger partial charge in [-0.25, -0.2) is 4.39 Å². The van der Waals surface area contributed by atoms with Gasteiger partial charge in [-0.2, -0.15) is 0 Å². The van der Waals surface area contributed by atoms with Crippen molar-refractivity contribution in [3.63, 3.8) is 0 Å². The lowest BCUT2D eigenvalue weighted by Gasteiger charge is -2.02. The maximum Gasteiger partial charge on any atom is 0.298 e. The number of halogens is 2. The first-order chi connectivity index (χ1) is 13.0. The molecule has 0 saturated carbocycles. The van der Waals surface area contributed by atoms with Crippen LogP contribution in [0.3, 0.4) is 0 Å². The van der Waals surface area contributed by atoms with Crippen molar-refractivity contribution in [2.75, 3.05) is 0 Å². The van der Waals surface area contributed by atoms with Gasteiger partial charge in [-0.3, -0.25) is 14.2 Å². The van der Waals surface area contributed by atoms with E-state index >= 15 is 0 Å². The zero-order valence-electron chi connectivity index (χ0n) is 13.8. The highest BCUT2D eigenvalue weighted by Crippen LogP contribution is 2.28. The van der Waals surface area contributed by atoms with Crippen molar-refractivity contribution in [2.45, 2.75) is 0 Å². The predicted molar refractivity (Wildman–Crippen MR) is 102 cm³/mol. The zero-order valence-corrected chi connectivity index (χ0v) is 15.4. The summed E-state index contributed by atoms with van der Waals surface area (Å²) < 4.78 is 21.6. The van der Waals surface area contributed by atoms with Crippen LogP contribution < -0.4 is 5.73 Å². The van der Waals surface area contributed by atoms with Gasteiger partial charge in [0.2, 0.25) is 0 Å². The fourth-order valence-corrected chi connectivity index (χ4v) is 3.28. The quantitative estimate of drug-likeness (QED) is 0.520. The molecule has 4 aromatic rings. The van der Waals surface area contributed by atoms with Crippen LogP contribution in [0.5, 0.6) is 0 Å². The van der Waals surface area contributed by atoms with Crippen molar-refractivity contribution in [3.05, 3.63) is 82.4 Å². The van der Waals surface area contributed by atoms with Gasteiger partial charge >= 0.3 is 0 Å². The van der Waals surface area contributed by atoms with E-state index in [2.05, 4.69) is 15.9 Å². The monoisotopic (exact) mass is 426 g/mol. The van der Waals surface area contributed by atoms with E-state index in [0.29, 0.717) is 15.4 Å². The molecule has 2 heterocycles. The minimum Gasteiger partial charge on any atom is -0.451 e. The smallest absolute Gasteiger partial charge is 0.298 e. The molecule has 0 aliphatic carbocycles. The van der Waals surface area contributed by atoms with Crippen molar-refractivity contribution in [1.29, 1.82) is 0 Å². The third-order valence-corrected chi connectivity index (χ3v) is 4.70. The Morgan fingerprint density at radius 3 is 2.59 bits per heavy atom. The maximum absolute atomic E-state index is 14.1. The molecule has 0 bridgehead atoms. The first-order valence-corrected chi connectivity index (χ1v) is 8.75. The molecule has 0 aliphatic heterocycles. The highest BCUT2D eigenvalue weighted by atomic mass is 79.9. The normalized spacial score (nSPS) is 11.0. The number of rotatable bonds is 3. The van der Waals surface area contributed by atoms with Crippen LogP contribution in [-0.4, -0.2) is 16.4 Å². The lowest BCUT2D eigenvalue weighted by Crippen LogP contribution is -2.12. The number of hydrogen-bond acceptors (Lipinski definition) is 3. The Hall–Kier alpha value is -3.19. The molecule has 0 saturated heterocycles. The van der Waals surface area contributed by atoms with E-state index in [-0.39, 0.29) is 22.6 Å². The molecule has 0 spiro atoms. The van der Waals surface area contributed by atoms with Gasteiger partial charge < -0.3 is 10.2 Å². The molecule has 2 aromatic heterocycles. The second kappa shape index (κ2) is 6.51. The molecule has 0 atom stereocenters. The highest BCUT2D eigenvalue weighted by molar-refractivity contribution is 9.10. The van der Waals surface area contributed by atoms with Crippen LogP contribution in [-0.2, 0) is 0 Å². The van der Waals surface area contributed by atoms with Gasteiger partial charge in [-0.05, 0) is 36.4 Å². The number of benzene rings is 2. The van der Waals surface area contributed by atoms with Gasteiger partial charge in [-0.15, -0.1) is 0 Å². The number of furan rings is 1. The molecule has 2 aromatic carbocycles. The van der Waals surface area contributed by atoms with E-state index in [1.54, 1.807) is 36.4 Å². The van der Waals surface area contributed by atoms with Gasteiger partial charge in [0.1, 0.15) is 11.6 Å². The van der Waals surface area contributed by atoms with Gasteiger partial charge in [0.15, 0.2) is 5.76 Å². The fourth-order valence-electron chi connectivity index (χ4n) is 2.95. The van der Waals surface area contributed by atoms with E-state index in [1.807, 2.05) is 0 Å². The summed E-state index contributed by atoms with van der Waals surface area (Å²) in [5.41, 5.74) is 6.42. The van der Waals surface area contributed by atoms with Crippen molar-refractivity contribution < 1.29 is 18.4 Å². The van der Waals surface area contributed by atoms with E-state index in [0.717, 1.165) is 0 Å². The van der Waals surface area contributed by atoms with Crippen LogP contribution in [0.15, 0.2) is 69.7 Å². The van der Waals surface area contributed by atoms with Crippen LogP contribution in [0.2, 0.25) is 0 Å². The summed E-state index contributed by atoms with van der Waals surface area (Å²) in [6.45, 7) is 0. The molecule has 27 heavy (non-hydrogen) atoms. The molecule has 134 valence electrons. The number of fused-ring (bicyclic) bond motifs is 1. The number of aromatic nitrogens is 1. The molecule has 0 fully saturated rings. The molecule has 0 aliphatic rings. The van der Waals surface area contributed by atoms with Gasteiger partial charge in [-0.1, -0.05) is 34.1 Å². The Kier molecular flexibility index (Phi) is 4.16. The number of nitrogens with two attached hydrogens (primary N) is 1. The fraction of sp³-hybridized carbons (Fsp3) is 0. The first-order valence-electron chi connectivity index (χ1n) is 7.95. The van der Waals surface area contributed by atoms with Crippen molar-refractivity contribution in [2.24, 2.45) is 5.73 Å². The lowest BCUT2D eigenvalue weighted by atomic mass is 10.1. The Bertz CT molecular complexity index is 1210. The van der Waals surface area contributed by atoms with Crippen LogP contribution in [0.1, 0.15) is 20.9 Å². The molecule has 1 amide bonds. The van der Waals surface area contributed by atoms with Gasteiger partial charge in [0, 0.05) is 16.1 Å². The summed E-state index contributed by atoms with van der Waals surface area (Å²) in [6.07, 6.45) is 1.39. The summed E-state index contributed by atoms with van der Waals surface area (Å²) in [5, 5.41) is 0.573. The molecular weight excluding hydrogens is 415 g/mol. The minimum absolute atomic E-state index is 0.0177. The Morgan fingerprint density at radius 2 is 1.85 bits per heavy atom. The number of hydrogen-bond donors (Lipinski definition) is 1. The topological polar surface area (TPSA) is 78.2 Å². The van der Waals surface area contributed by atoms with E-state index in [1.165, 1.54) is 29.0 Å². The van der Waals surface area contributed by atoms with E-state index < -0.39 is 17.6 Å². The summed E-state index contributed by atoms with van der Waals surface area (Å²) in [4.78, 5) is 24.6. The Balaban J connectivity index is 1.78. The van der Waals surface area contributed by atoms with Crippen molar-refractivity contribution in [1.82, 2.24) is 4.57 Å². The summed E-state index contributed by atoms with van der Waals surface area (Å²) in [5.74, 6) is -1.34. The molecule has 0 unspecified atom stereocenters. The van der Waals surface area contributed by atoms with Crippen LogP contribution >= 0.6 is 15.9 Å². The average molecular weight is 427 g/mol. The van der Waals surface area contributed by atoms with E-state index in [9.17, 15) is 14.0 Å². The third kappa shape index (κ3) is 2.96. The molecule has 0 radical (unpaired) electrons. The summed E-state index contributed by atoms with van der Waals surface area (Å²) >= 11 is 3.20. The standard InChI is InChI=1S/C20H12BrFN2O3/c21-11-5-6-13(15(22)9-11)17-7-8-18(27-17)20(26)24-10-14(19(23)25)12-3-1-2-4-16(12)24/h1-10H,(H2,23,25). The Morgan fingerprint density at radius 1 is 1.07 bits per heavy atom. The van der Waals surface area contributed by atoms with Crippen LogP contribution in [0.4, 0.5) is 4.39 Å². The predicted octanol–water partition coefficient (Wildman–Crippen LogP) is 4.59. The Labute approximate surface area is 161 Å². The van der Waals surface area contributed by atoms with Crippen LogP contribution in [0, 0.1) is 5.82 Å². The summed E-state index contributed by atoms with van der Waals surface area (Å²) in [6, 6.07) is 14.5. The second-order valence-corrected chi connectivity index (χ2v) is 6.80. The van der Waals surface area contributed by atoms with E-state index in [4.69, 9.17) is 10.2 Å². The molecule has 7 heteroatoms. The number of amides is 1. The second-order valence-electron chi connectivity index (χ2n) is 5.89. The zero-order chi connectivity index (χ0) is 19.1. The number of para-hydroxylation sites is 1. The van der Waals surface area contributed by atoms with Gasteiger partial charge in [0.25, 0.3) is 11.8 Å². The largest absolute Gasteiger partial charge is 0.451 e. The molecule has 2 N–H and O–H groups in total. The first kappa shape index (κ1) is 17.2. The molecule has 5 nitrogen and oxygen atoms in total. The van der Waals surface area contributed by atoms with Crippen molar-refractivity contribution in [3.8, 4) is 11.3 Å². The highest BCUT2D eigenvalue weighted by Gasteiger charge is 2.21. The van der Waals surface area contributed by atoms with Gasteiger partial charge in [0.05, 0.1) is 16.6 Å². The average Bonchev–Trinajstić information content (AvgIpc) is 3.26. The number of nitrogens with zero attached hydrogens (tertiary/aromatic N) is 1. The van der Waals surface area contributed by atoms with Crippen molar-refractivity contribution >= 4 is 38.6 Å².